The Morgan fingerprint density at radius 1 is 1.28 bits per heavy atom. The van der Waals surface area contributed by atoms with Gasteiger partial charge >= 0.3 is 0 Å². The summed E-state index contributed by atoms with van der Waals surface area (Å²) in [6, 6.07) is 3.44. The Morgan fingerprint density at radius 3 is 2.83 bits per heavy atom. The number of hydrogen-bond acceptors (Lipinski definition) is 3. The average Bonchev–Trinajstić information content (AvgIpc) is 2.93. The van der Waals surface area contributed by atoms with E-state index >= 15 is 0 Å². The first kappa shape index (κ1) is 11.2. The van der Waals surface area contributed by atoms with Crippen LogP contribution in [0.1, 0.15) is 43.7 Å². The molecule has 18 heavy (non-hydrogen) atoms. The highest BCUT2D eigenvalue weighted by Gasteiger charge is 2.18. The molecule has 1 saturated carbocycles. The lowest BCUT2D eigenvalue weighted by molar-refractivity contribution is 0.435. The second-order valence-corrected chi connectivity index (χ2v) is 4.78. The predicted octanol–water partition coefficient (Wildman–Crippen LogP) is 2.00. The maximum absolute atomic E-state index is 11.7. The molecule has 5 heteroatoms. The minimum Gasteiger partial charge on any atom is -0.291 e. The van der Waals surface area contributed by atoms with Crippen LogP contribution < -0.4 is 5.56 Å². The zero-order valence-electron chi connectivity index (χ0n) is 10.2. The monoisotopic (exact) mass is 244 g/mol. The molecule has 0 saturated heterocycles. The van der Waals surface area contributed by atoms with E-state index < -0.39 is 0 Å². The van der Waals surface area contributed by atoms with Gasteiger partial charge in [-0.3, -0.25) is 9.78 Å². The highest BCUT2D eigenvalue weighted by molar-refractivity contribution is 5.16. The van der Waals surface area contributed by atoms with E-state index in [9.17, 15) is 4.79 Å². The van der Waals surface area contributed by atoms with Crippen LogP contribution in [0.5, 0.6) is 0 Å². The molecule has 1 aliphatic rings. The molecule has 3 rings (SSSR count). The zero-order chi connectivity index (χ0) is 12.4. The molecule has 0 bridgehead atoms. The molecular formula is C13H16N4O. The molecule has 2 aromatic heterocycles. The lowest BCUT2D eigenvalue weighted by Gasteiger charge is -2.20. The summed E-state index contributed by atoms with van der Waals surface area (Å²) in [4.78, 5) is 19.0. The Labute approximate surface area is 105 Å². The van der Waals surface area contributed by atoms with Crippen LogP contribution >= 0.6 is 0 Å². The summed E-state index contributed by atoms with van der Waals surface area (Å²) in [6.45, 7) is 0. The van der Waals surface area contributed by atoms with Crippen molar-refractivity contribution in [1.29, 1.82) is 0 Å². The summed E-state index contributed by atoms with van der Waals surface area (Å²) in [5.41, 5.74) is 0.806. The normalized spacial score (nSPS) is 16.9. The molecule has 94 valence electrons. The SMILES string of the molecule is O=c1cc(C2CCCCC2)nc(-n2cccn2)[nH]1. The van der Waals surface area contributed by atoms with E-state index in [1.54, 1.807) is 23.1 Å². The fraction of sp³-hybridized carbons (Fsp3) is 0.462. The van der Waals surface area contributed by atoms with Crippen LogP contribution in [-0.2, 0) is 0 Å². The van der Waals surface area contributed by atoms with Crippen molar-refractivity contribution in [3.8, 4) is 5.95 Å². The number of nitrogens with one attached hydrogen (secondary N) is 1. The van der Waals surface area contributed by atoms with Crippen LogP contribution in [0, 0.1) is 0 Å². The van der Waals surface area contributed by atoms with E-state index in [2.05, 4.69) is 15.1 Å². The molecule has 0 spiro atoms. The number of hydrogen-bond donors (Lipinski definition) is 1. The molecular weight excluding hydrogens is 228 g/mol. The Bertz CT molecular complexity index is 567. The van der Waals surface area contributed by atoms with E-state index in [0.717, 1.165) is 18.5 Å². The summed E-state index contributed by atoms with van der Waals surface area (Å²) in [7, 11) is 0. The number of nitrogens with zero attached hydrogens (tertiary/aromatic N) is 3. The summed E-state index contributed by atoms with van der Waals surface area (Å²) < 4.78 is 1.59. The van der Waals surface area contributed by atoms with Crippen LogP contribution in [0.15, 0.2) is 29.3 Å². The van der Waals surface area contributed by atoms with Crippen molar-refractivity contribution in [3.05, 3.63) is 40.6 Å². The van der Waals surface area contributed by atoms with Crippen molar-refractivity contribution < 1.29 is 0 Å². The van der Waals surface area contributed by atoms with Gasteiger partial charge in [0.05, 0.1) is 5.69 Å². The topological polar surface area (TPSA) is 63.6 Å². The Balaban J connectivity index is 1.98. The fourth-order valence-corrected chi connectivity index (χ4v) is 2.57. The highest BCUT2D eigenvalue weighted by Crippen LogP contribution is 2.30. The highest BCUT2D eigenvalue weighted by atomic mass is 16.1. The van der Waals surface area contributed by atoms with E-state index in [1.807, 2.05) is 6.07 Å². The van der Waals surface area contributed by atoms with Crippen molar-refractivity contribution in [2.24, 2.45) is 0 Å². The van der Waals surface area contributed by atoms with E-state index in [1.165, 1.54) is 19.3 Å². The third-order valence-corrected chi connectivity index (χ3v) is 3.49. The molecule has 0 aromatic carbocycles. The van der Waals surface area contributed by atoms with Gasteiger partial charge in [-0.05, 0) is 18.9 Å². The third kappa shape index (κ3) is 2.20. The minimum absolute atomic E-state index is 0.101. The Morgan fingerprint density at radius 2 is 2.11 bits per heavy atom. The molecule has 0 amide bonds. The second kappa shape index (κ2) is 4.76. The quantitative estimate of drug-likeness (QED) is 0.878. The van der Waals surface area contributed by atoms with Gasteiger partial charge in [-0.25, -0.2) is 9.67 Å². The molecule has 1 N–H and O–H groups in total. The van der Waals surface area contributed by atoms with Crippen LogP contribution in [0.3, 0.4) is 0 Å². The predicted molar refractivity (Wildman–Crippen MR) is 67.8 cm³/mol. The van der Waals surface area contributed by atoms with Crippen molar-refractivity contribution in [3.63, 3.8) is 0 Å². The molecule has 1 fully saturated rings. The third-order valence-electron chi connectivity index (χ3n) is 3.49. The molecule has 0 aliphatic heterocycles. The van der Waals surface area contributed by atoms with Crippen LogP contribution in [-0.4, -0.2) is 19.7 Å². The van der Waals surface area contributed by atoms with Gasteiger partial charge in [0.25, 0.3) is 5.56 Å². The van der Waals surface area contributed by atoms with Crippen LogP contribution in [0.4, 0.5) is 0 Å². The maximum Gasteiger partial charge on any atom is 0.252 e. The van der Waals surface area contributed by atoms with Gasteiger partial charge in [0.15, 0.2) is 0 Å². The van der Waals surface area contributed by atoms with Crippen LogP contribution in [0.2, 0.25) is 0 Å². The lowest BCUT2D eigenvalue weighted by atomic mass is 9.87. The van der Waals surface area contributed by atoms with Crippen molar-refractivity contribution in [1.82, 2.24) is 19.7 Å². The average molecular weight is 244 g/mol. The Kier molecular flexibility index (Phi) is 2.96. The van der Waals surface area contributed by atoms with E-state index in [4.69, 9.17) is 0 Å². The standard InChI is InChI=1S/C13H16N4O/c18-12-9-11(10-5-2-1-3-6-10)15-13(16-12)17-8-4-7-14-17/h4,7-10H,1-3,5-6H2,(H,15,16,18). The molecule has 2 aromatic rings. The fourth-order valence-electron chi connectivity index (χ4n) is 2.57. The van der Waals surface area contributed by atoms with Gasteiger partial charge < -0.3 is 0 Å². The smallest absolute Gasteiger partial charge is 0.252 e. The molecule has 1 aliphatic carbocycles. The van der Waals surface area contributed by atoms with Gasteiger partial charge in [0.2, 0.25) is 5.95 Å². The van der Waals surface area contributed by atoms with Crippen molar-refractivity contribution in [2.45, 2.75) is 38.0 Å². The zero-order valence-corrected chi connectivity index (χ0v) is 10.2. The molecule has 0 atom stereocenters. The van der Waals surface area contributed by atoms with Gasteiger partial charge in [-0.2, -0.15) is 5.10 Å². The van der Waals surface area contributed by atoms with E-state index in [-0.39, 0.29) is 5.56 Å². The van der Waals surface area contributed by atoms with Gasteiger partial charge in [-0.1, -0.05) is 19.3 Å². The molecule has 0 radical (unpaired) electrons. The number of aromatic nitrogens is 4. The number of rotatable bonds is 2. The number of aromatic amines is 1. The summed E-state index contributed by atoms with van der Waals surface area (Å²) >= 11 is 0. The first-order valence-electron chi connectivity index (χ1n) is 6.44. The molecule has 2 heterocycles. The first-order valence-corrected chi connectivity index (χ1v) is 6.44. The van der Waals surface area contributed by atoms with Crippen molar-refractivity contribution in [2.75, 3.05) is 0 Å². The van der Waals surface area contributed by atoms with Crippen molar-refractivity contribution >= 4 is 0 Å². The largest absolute Gasteiger partial charge is 0.291 e. The van der Waals surface area contributed by atoms with Gasteiger partial charge in [0.1, 0.15) is 0 Å². The van der Waals surface area contributed by atoms with Gasteiger partial charge in [0, 0.05) is 24.4 Å². The van der Waals surface area contributed by atoms with Gasteiger partial charge in [-0.15, -0.1) is 0 Å². The maximum atomic E-state index is 11.7. The number of H-pyrrole nitrogens is 1. The van der Waals surface area contributed by atoms with Crippen LogP contribution in [0.25, 0.3) is 5.95 Å². The summed E-state index contributed by atoms with van der Waals surface area (Å²) in [5.74, 6) is 0.934. The second-order valence-electron chi connectivity index (χ2n) is 4.78. The molecule has 0 unspecified atom stereocenters. The first-order chi connectivity index (χ1) is 8.83. The lowest BCUT2D eigenvalue weighted by Crippen LogP contribution is -2.17. The minimum atomic E-state index is -0.101. The summed E-state index contributed by atoms with van der Waals surface area (Å²) in [5, 5.41) is 4.10. The molecule has 5 nitrogen and oxygen atoms in total. The Hall–Kier alpha value is -1.91. The van der Waals surface area contributed by atoms with E-state index in [0.29, 0.717) is 11.9 Å². The summed E-state index contributed by atoms with van der Waals surface area (Å²) in [6.07, 6.45) is 9.48.